The molecule has 2 rings (SSSR count). The number of amides is 1. The molecule has 1 amide bonds. The molecule has 1 aliphatic rings. The van der Waals surface area contributed by atoms with Crippen LogP contribution in [0.4, 0.5) is 23.8 Å². The molecule has 26 heavy (non-hydrogen) atoms. The predicted molar refractivity (Wildman–Crippen MR) is 86.2 cm³/mol. The topological polar surface area (TPSA) is 83.0 Å². The largest absolute Gasteiger partial charge is 0.476 e. The van der Waals surface area contributed by atoms with Crippen LogP contribution in [0, 0.1) is 0 Å². The van der Waals surface area contributed by atoms with E-state index >= 15 is 0 Å². The number of hydrogen-bond donors (Lipinski definition) is 1. The van der Waals surface area contributed by atoms with Crippen LogP contribution in [0.2, 0.25) is 0 Å². The Kier molecular flexibility index (Phi) is 5.33. The highest BCUT2D eigenvalue weighted by Gasteiger charge is 2.37. The van der Waals surface area contributed by atoms with E-state index in [-0.39, 0.29) is 5.82 Å². The van der Waals surface area contributed by atoms with Gasteiger partial charge in [-0.05, 0) is 32.9 Å². The molecular formula is C16H20F3N3O4. The number of aromatic nitrogens is 1. The van der Waals surface area contributed by atoms with Gasteiger partial charge < -0.3 is 19.6 Å². The third-order valence-electron chi connectivity index (χ3n) is 3.64. The summed E-state index contributed by atoms with van der Waals surface area (Å²) in [4.78, 5) is 29.9. The highest BCUT2D eigenvalue weighted by molar-refractivity contribution is 5.88. The first-order chi connectivity index (χ1) is 11.9. The molecule has 7 nitrogen and oxygen atoms in total. The molecule has 0 spiro atoms. The number of halogens is 3. The second-order valence-corrected chi connectivity index (χ2v) is 6.82. The van der Waals surface area contributed by atoms with E-state index in [0.717, 1.165) is 6.07 Å². The zero-order chi connectivity index (χ0) is 19.7. The summed E-state index contributed by atoms with van der Waals surface area (Å²) in [7, 11) is 0. The lowest BCUT2D eigenvalue weighted by atomic mass is 10.1. The molecule has 0 aromatic carbocycles. The molecule has 1 aromatic heterocycles. The van der Waals surface area contributed by atoms with Gasteiger partial charge in [-0.1, -0.05) is 0 Å². The first-order valence-corrected chi connectivity index (χ1v) is 7.93. The molecule has 0 saturated carbocycles. The maximum Gasteiger partial charge on any atom is 0.418 e. The van der Waals surface area contributed by atoms with Crippen LogP contribution in [-0.2, 0) is 10.9 Å². The smallest absolute Gasteiger partial charge is 0.418 e. The second kappa shape index (κ2) is 7.00. The van der Waals surface area contributed by atoms with Crippen molar-refractivity contribution in [3.63, 3.8) is 0 Å². The molecule has 1 N–H and O–H groups in total. The van der Waals surface area contributed by atoms with Gasteiger partial charge in [-0.3, -0.25) is 0 Å². The number of anilines is 1. The van der Waals surface area contributed by atoms with Gasteiger partial charge >= 0.3 is 18.2 Å². The van der Waals surface area contributed by atoms with Crippen LogP contribution in [0.5, 0.6) is 0 Å². The Hall–Kier alpha value is -2.52. The van der Waals surface area contributed by atoms with E-state index in [1.165, 1.54) is 4.90 Å². The average Bonchev–Trinajstić information content (AvgIpc) is 2.52. The molecule has 0 radical (unpaired) electrons. The van der Waals surface area contributed by atoms with Gasteiger partial charge in [0, 0.05) is 26.2 Å². The lowest BCUT2D eigenvalue weighted by Gasteiger charge is -2.36. The highest BCUT2D eigenvalue weighted by Crippen LogP contribution is 2.32. The zero-order valence-electron chi connectivity index (χ0n) is 14.6. The number of pyridine rings is 1. The number of carbonyl (C=O) groups excluding carboxylic acids is 1. The number of piperazine rings is 1. The summed E-state index contributed by atoms with van der Waals surface area (Å²) in [6, 6.07) is 1.85. The number of rotatable bonds is 2. The van der Waals surface area contributed by atoms with Gasteiger partial charge in [-0.2, -0.15) is 13.2 Å². The van der Waals surface area contributed by atoms with E-state index in [1.54, 1.807) is 25.7 Å². The van der Waals surface area contributed by atoms with Crippen LogP contribution in [0.25, 0.3) is 0 Å². The fourth-order valence-corrected chi connectivity index (χ4v) is 2.46. The Morgan fingerprint density at radius 3 is 2.15 bits per heavy atom. The quantitative estimate of drug-likeness (QED) is 0.856. The van der Waals surface area contributed by atoms with Crippen molar-refractivity contribution in [1.82, 2.24) is 9.88 Å². The summed E-state index contributed by atoms with van der Waals surface area (Å²) in [5.74, 6) is -1.62. The number of ether oxygens (including phenoxy) is 1. The van der Waals surface area contributed by atoms with Crippen molar-refractivity contribution in [3.8, 4) is 0 Å². The van der Waals surface area contributed by atoms with E-state index in [2.05, 4.69) is 4.98 Å². The molecule has 1 saturated heterocycles. The van der Waals surface area contributed by atoms with Crippen LogP contribution < -0.4 is 4.90 Å². The van der Waals surface area contributed by atoms with Gasteiger partial charge in [0.05, 0.1) is 5.56 Å². The number of carbonyl (C=O) groups is 2. The van der Waals surface area contributed by atoms with Gasteiger partial charge in [-0.15, -0.1) is 0 Å². The SMILES string of the molecule is CC(C)(C)OC(=O)N1CCN(c2ccc(C(F)(F)F)c(C(=O)O)n2)CC1. The molecule has 10 heteroatoms. The van der Waals surface area contributed by atoms with Gasteiger partial charge in [0.25, 0.3) is 0 Å². The highest BCUT2D eigenvalue weighted by atomic mass is 19.4. The number of carboxylic acid groups (broad SMARTS) is 1. The molecular weight excluding hydrogens is 355 g/mol. The van der Waals surface area contributed by atoms with Crippen molar-refractivity contribution in [2.75, 3.05) is 31.1 Å². The van der Waals surface area contributed by atoms with Crippen molar-refractivity contribution in [2.45, 2.75) is 32.5 Å². The minimum absolute atomic E-state index is 0.124. The third-order valence-corrected chi connectivity index (χ3v) is 3.64. The van der Waals surface area contributed by atoms with Crippen LogP contribution in [-0.4, -0.2) is 58.8 Å². The summed E-state index contributed by atoms with van der Waals surface area (Å²) in [5, 5.41) is 9.02. The second-order valence-electron chi connectivity index (χ2n) is 6.82. The number of alkyl halides is 3. The summed E-state index contributed by atoms with van der Waals surface area (Å²) in [5.41, 5.74) is -2.95. The normalized spacial score (nSPS) is 15.8. The first kappa shape index (κ1) is 19.8. The molecule has 0 aliphatic carbocycles. The molecule has 1 aromatic rings. The van der Waals surface area contributed by atoms with Crippen LogP contribution >= 0.6 is 0 Å². The lowest BCUT2D eigenvalue weighted by molar-refractivity contribution is -0.138. The summed E-state index contributed by atoms with van der Waals surface area (Å²) in [6.45, 7) is 6.44. The molecule has 0 atom stereocenters. The van der Waals surface area contributed by atoms with Crippen molar-refractivity contribution in [2.24, 2.45) is 0 Å². The van der Waals surface area contributed by atoms with E-state index in [9.17, 15) is 22.8 Å². The Bertz CT molecular complexity index is 693. The van der Waals surface area contributed by atoms with Gasteiger partial charge in [-0.25, -0.2) is 14.6 Å². The summed E-state index contributed by atoms with van der Waals surface area (Å²) >= 11 is 0. The van der Waals surface area contributed by atoms with E-state index in [1.807, 2.05) is 0 Å². The number of carboxylic acids is 1. The van der Waals surface area contributed by atoms with E-state index in [4.69, 9.17) is 9.84 Å². The van der Waals surface area contributed by atoms with E-state index < -0.39 is 35.1 Å². The molecule has 0 unspecified atom stereocenters. The van der Waals surface area contributed by atoms with Crippen LogP contribution in [0.15, 0.2) is 12.1 Å². The lowest BCUT2D eigenvalue weighted by Crippen LogP contribution is -2.50. The number of nitrogens with zero attached hydrogens (tertiary/aromatic N) is 3. The molecule has 1 aliphatic heterocycles. The molecule has 2 heterocycles. The molecule has 1 fully saturated rings. The Morgan fingerprint density at radius 1 is 1.12 bits per heavy atom. The van der Waals surface area contributed by atoms with Gasteiger partial charge in [0.1, 0.15) is 11.4 Å². The van der Waals surface area contributed by atoms with E-state index in [0.29, 0.717) is 32.2 Å². The fourth-order valence-electron chi connectivity index (χ4n) is 2.46. The van der Waals surface area contributed by atoms with Crippen LogP contribution in [0.1, 0.15) is 36.8 Å². The summed E-state index contributed by atoms with van der Waals surface area (Å²) < 4.78 is 43.9. The van der Waals surface area contributed by atoms with Crippen molar-refractivity contribution >= 4 is 17.9 Å². The fraction of sp³-hybridized carbons (Fsp3) is 0.562. The monoisotopic (exact) mass is 375 g/mol. The zero-order valence-corrected chi connectivity index (χ0v) is 14.6. The number of aromatic carboxylic acids is 1. The average molecular weight is 375 g/mol. The van der Waals surface area contributed by atoms with Crippen LogP contribution in [0.3, 0.4) is 0 Å². The maximum absolute atomic E-state index is 12.9. The Labute approximate surface area is 148 Å². The third kappa shape index (κ3) is 4.77. The first-order valence-electron chi connectivity index (χ1n) is 7.93. The Morgan fingerprint density at radius 2 is 1.69 bits per heavy atom. The number of hydrogen-bond acceptors (Lipinski definition) is 5. The van der Waals surface area contributed by atoms with Crippen molar-refractivity contribution < 1.29 is 32.6 Å². The molecule has 0 bridgehead atoms. The Balaban J connectivity index is 2.11. The summed E-state index contributed by atoms with van der Waals surface area (Å²) in [6.07, 6.45) is -5.27. The predicted octanol–water partition coefficient (Wildman–Crippen LogP) is 2.86. The molecule has 144 valence electrons. The maximum atomic E-state index is 12.9. The van der Waals surface area contributed by atoms with Gasteiger partial charge in [0.2, 0.25) is 0 Å². The minimum Gasteiger partial charge on any atom is -0.476 e. The van der Waals surface area contributed by atoms with Gasteiger partial charge in [0.15, 0.2) is 5.69 Å². The van der Waals surface area contributed by atoms with Crippen molar-refractivity contribution in [3.05, 3.63) is 23.4 Å². The standard InChI is InChI=1S/C16H20F3N3O4/c1-15(2,3)26-14(25)22-8-6-21(7-9-22)11-5-4-10(16(17,18)19)12(20-11)13(23)24/h4-5H,6-9H2,1-3H3,(H,23,24). The van der Waals surface area contributed by atoms with Crippen molar-refractivity contribution in [1.29, 1.82) is 0 Å². The minimum atomic E-state index is -4.80.